The molecule has 4 nitrogen and oxygen atoms in total. The summed E-state index contributed by atoms with van der Waals surface area (Å²) in [5.41, 5.74) is 5.73. The van der Waals surface area contributed by atoms with Crippen molar-refractivity contribution in [1.82, 2.24) is 5.32 Å². The van der Waals surface area contributed by atoms with Gasteiger partial charge in [-0.25, -0.2) is 0 Å². The van der Waals surface area contributed by atoms with Crippen molar-refractivity contribution < 1.29 is 9.53 Å². The van der Waals surface area contributed by atoms with Gasteiger partial charge in [-0.2, -0.15) is 0 Å². The standard InChI is InChI=1S/C11H24N2O2/c1-5-15-9(4)7-13-11(14)10(12)6-8(2)3/h8-10H,5-7,12H2,1-4H3,(H,13,14)/t9?,10-/m1/s1. The van der Waals surface area contributed by atoms with E-state index in [0.29, 0.717) is 19.1 Å². The number of nitrogens with two attached hydrogens (primary N) is 1. The van der Waals surface area contributed by atoms with Crippen molar-refractivity contribution in [3.8, 4) is 0 Å². The molecule has 0 rings (SSSR count). The SMILES string of the molecule is CCOC(C)CNC(=O)[C@H](N)CC(C)C. The van der Waals surface area contributed by atoms with Gasteiger partial charge in [0.2, 0.25) is 5.91 Å². The van der Waals surface area contributed by atoms with E-state index in [1.54, 1.807) is 0 Å². The Kier molecular flexibility index (Phi) is 7.34. The molecule has 0 heterocycles. The number of rotatable bonds is 7. The van der Waals surface area contributed by atoms with Gasteiger partial charge in [0.1, 0.15) is 0 Å². The van der Waals surface area contributed by atoms with Crippen LogP contribution in [0.5, 0.6) is 0 Å². The Bertz CT molecular complexity index is 183. The molecule has 0 aliphatic carbocycles. The zero-order valence-electron chi connectivity index (χ0n) is 10.2. The van der Waals surface area contributed by atoms with Crippen molar-refractivity contribution in [2.45, 2.75) is 46.3 Å². The fourth-order valence-electron chi connectivity index (χ4n) is 1.33. The quantitative estimate of drug-likeness (QED) is 0.664. The molecule has 0 aromatic carbocycles. The second kappa shape index (κ2) is 7.65. The first kappa shape index (κ1) is 14.4. The fraction of sp³-hybridized carbons (Fsp3) is 0.909. The molecule has 0 spiro atoms. The third-order valence-electron chi connectivity index (χ3n) is 2.08. The van der Waals surface area contributed by atoms with Crippen LogP contribution in [0.1, 0.15) is 34.1 Å². The van der Waals surface area contributed by atoms with E-state index in [2.05, 4.69) is 19.2 Å². The maximum Gasteiger partial charge on any atom is 0.237 e. The van der Waals surface area contributed by atoms with Gasteiger partial charge in [-0.15, -0.1) is 0 Å². The minimum Gasteiger partial charge on any atom is -0.377 e. The van der Waals surface area contributed by atoms with Crippen LogP contribution in [0.2, 0.25) is 0 Å². The Morgan fingerprint density at radius 3 is 2.47 bits per heavy atom. The van der Waals surface area contributed by atoms with E-state index in [4.69, 9.17) is 10.5 Å². The molecule has 15 heavy (non-hydrogen) atoms. The summed E-state index contributed by atoms with van der Waals surface area (Å²) in [7, 11) is 0. The first-order valence-electron chi connectivity index (χ1n) is 5.62. The van der Waals surface area contributed by atoms with E-state index in [-0.39, 0.29) is 12.0 Å². The summed E-state index contributed by atoms with van der Waals surface area (Å²) in [4.78, 5) is 11.5. The summed E-state index contributed by atoms with van der Waals surface area (Å²) in [6.45, 7) is 9.15. The van der Waals surface area contributed by atoms with Gasteiger partial charge in [0, 0.05) is 13.2 Å². The van der Waals surface area contributed by atoms with Crippen molar-refractivity contribution in [3.05, 3.63) is 0 Å². The molecule has 1 amide bonds. The number of hydrogen-bond donors (Lipinski definition) is 2. The maximum atomic E-state index is 11.5. The van der Waals surface area contributed by atoms with E-state index in [1.165, 1.54) is 0 Å². The van der Waals surface area contributed by atoms with E-state index in [9.17, 15) is 4.79 Å². The molecule has 0 radical (unpaired) electrons. The van der Waals surface area contributed by atoms with Gasteiger partial charge in [-0.1, -0.05) is 13.8 Å². The van der Waals surface area contributed by atoms with Crippen molar-refractivity contribution in [3.63, 3.8) is 0 Å². The van der Waals surface area contributed by atoms with Crippen LogP contribution in [0, 0.1) is 5.92 Å². The Labute approximate surface area is 92.6 Å². The van der Waals surface area contributed by atoms with Gasteiger partial charge in [0.25, 0.3) is 0 Å². The lowest BCUT2D eigenvalue weighted by molar-refractivity contribution is -0.123. The highest BCUT2D eigenvalue weighted by Gasteiger charge is 2.15. The van der Waals surface area contributed by atoms with Crippen LogP contribution < -0.4 is 11.1 Å². The Morgan fingerprint density at radius 2 is 2.00 bits per heavy atom. The average Bonchev–Trinajstić information content (AvgIpc) is 2.13. The van der Waals surface area contributed by atoms with E-state index < -0.39 is 6.04 Å². The van der Waals surface area contributed by atoms with Crippen LogP contribution >= 0.6 is 0 Å². The third kappa shape index (κ3) is 7.33. The van der Waals surface area contributed by atoms with Gasteiger partial charge in [0.05, 0.1) is 12.1 Å². The first-order chi connectivity index (χ1) is 6.97. The Morgan fingerprint density at radius 1 is 1.40 bits per heavy atom. The molecule has 3 N–H and O–H groups in total. The van der Waals surface area contributed by atoms with E-state index in [0.717, 1.165) is 6.42 Å². The molecule has 1 unspecified atom stereocenters. The minimum absolute atomic E-state index is 0.0465. The summed E-state index contributed by atoms with van der Waals surface area (Å²) in [6.07, 6.45) is 0.764. The van der Waals surface area contributed by atoms with Crippen LogP contribution in [-0.2, 0) is 9.53 Å². The summed E-state index contributed by atoms with van der Waals surface area (Å²) in [5.74, 6) is 0.352. The molecule has 2 atom stereocenters. The molecular formula is C11H24N2O2. The van der Waals surface area contributed by atoms with Gasteiger partial charge in [0.15, 0.2) is 0 Å². The third-order valence-corrected chi connectivity index (χ3v) is 2.08. The van der Waals surface area contributed by atoms with Crippen LogP contribution in [0.25, 0.3) is 0 Å². The molecule has 0 saturated heterocycles. The van der Waals surface area contributed by atoms with E-state index in [1.807, 2.05) is 13.8 Å². The van der Waals surface area contributed by atoms with Gasteiger partial charge in [-0.05, 0) is 26.2 Å². The topological polar surface area (TPSA) is 64.3 Å². The molecule has 90 valence electrons. The molecule has 0 bridgehead atoms. The number of hydrogen-bond acceptors (Lipinski definition) is 3. The lowest BCUT2D eigenvalue weighted by Gasteiger charge is -2.16. The molecule has 0 saturated carbocycles. The molecule has 4 heteroatoms. The highest BCUT2D eigenvalue weighted by atomic mass is 16.5. The minimum atomic E-state index is -0.404. The maximum absolute atomic E-state index is 11.5. The molecular weight excluding hydrogens is 192 g/mol. The molecule has 0 aliphatic rings. The predicted octanol–water partition coefficient (Wildman–Crippen LogP) is 0.901. The Balaban J connectivity index is 3.72. The second-order valence-electron chi connectivity index (χ2n) is 4.25. The largest absolute Gasteiger partial charge is 0.377 e. The molecule has 0 fully saturated rings. The van der Waals surface area contributed by atoms with Gasteiger partial charge >= 0.3 is 0 Å². The van der Waals surface area contributed by atoms with Crippen LogP contribution in [0.3, 0.4) is 0 Å². The summed E-state index contributed by atoms with van der Waals surface area (Å²) < 4.78 is 5.30. The number of amides is 1. The molecule has 0 aromatic rings. The van der Waals surface area contributed by atoms with Gasteiger partial charge in [-0.3, -0.25) is 4.79 Å². The fourth-order valence-corrected chi connectivity index (χ4v) is 1.33. The molecule has 0 aliphatic heterocycles. The van der Waals surface area contributed by atoms with Crippen LogP contribution in [0.4, 0.5) is 0 Å². The average molecular weight is 216 g/mol. The highest BCUT2D eigenvalue weighted by molar-refractivity contribution is 5.81. The van der Waals surface area contributed by atoms with Crippen molar-refractivity contribution in [1.29, 1.82) is 0 Å². The normalized spacial score (nSPS) is 15.1. The Hall–Kier alpha value is -0.610. The van der Waals surface area contributed by atoms with Gasteiger partial charge < -0.3 is 15.8 Å². The lowest BCUT2D eigenvalue weighted by atomic mass is 10.0. The van der Waals surface area contributed by atoms with Crippen molar-refractivity contribution >= 4 is 5.91 Å². The number of ether oxygens (including phenoxy) is 1. The second-order valence-corrected chi connectivity index (χ2v) is 4.25. The summed E-state index contributed by atoms with van der Waals surface area (Å²) >= 11 is 0. The highest BCUT2D eigenvalue weighted by Crippen LogP contribution is 2.02. The first-order valence-corrected chi connectivity index (χ1v) is 5.62. The van der Waals surface area contributed by atoms with E-state index >= 15 is 0 Å². The number of carbonyl (C=O) groups excluding carboxylic acids is 1. The number of carbonyl (C=O) groups is 1. The summed E-state index contributed by atoms with van der Waals surface area (Å²) in [5, 5.41) is 2.78. The van der Waals surface area contributed by atoms with Crippen LogP contribution in [-0.4, -0.2) is 31.2 Å². The van der Waals surface area contributed by atoms with Crippen LogP contribution in [0.15, 0.2) is 0 Å². The monoisotopic (exact) mass is 216 g/mol. The number of nitrogens with one attached hydrogen (secondary N) is 1. The molecule has 0 aromatic heterocycles. The smallest absolute Gasteiger partial charge is 0.237 e. The lowest BCUT2D eigenvalue weighted by Crippen LogP contribution is -2.44. The predicted molar refractivity (Wildman–Crippen MR) is 61.5 cm³/mol. The summed E-state index contributed by atoms with van der Waals surface area (Å²) in [6, 6.07) is -0.404. The zero-order chi connectivity index (χ0) is 11.8. The van der Waals surface area contributed by atoms with Crippen molar-refractivity contribution in [2.75, 3.05) is 13.2 Å². The zero-order valence-corrected chi connectivity index (χ0v) is 10.2. The van der Waals surface area contributed by atoms with Crippen molar-refractivity contribution in [2.24, 2.45) is 11.7 Å².